The van der Waals surface area contributed by atoms with Crippen molar-refractivity contribution in [2.24, 2.45) is 11.7 Å². The fraction of sp³-hybridized carbons (Fsp3) is 0.650. The number of aliphatic hydroxyl groups is 1. The van der Waals surface area contributed by atoms with Crippen LogP contribution in [-0.4, -0.2) is 29.7 Å². The van der Waals surface area contributed by atoms with Gasteiger partial charge in [0, 0.05) is 25.1 Å². The second-order valence-electron chi connectivity index (χ2n) is 7.09. The molecule has 1 amide bonds. The van der Waals surface area contributed by atoms with Crippen LogP contribution in [0.1, 0.15) is 56.9 Å². The molecular formula is C20H32N2O2. The van der Waals surface area contributed by atoms with Crippen molar-refractivity contribution in [1.82, 2.24) is 5.32 Å². The molecule has 4 nitrogen and oxygen atoms in total. The largest absolute Gasteiger partial charge is 0.396 e. The van der Waals surface area contributed by atoms with Gasteiger partial charge >= 0.3 is 0 Å². The van der Waals surface area contributed by atoms with Gasteiger partial charge < -0.3 is 16.2 Å². The fourth-order valence-corrected chi connectivity index (χ4v) is 3.77. The molecule has 0 spiro atoms. The van der Waals surface area contributed by atoms with Crippen LogP contribution < -0.4 is 11.1 Å². The minimum absolute atomic E-state index is 0.0149. The van der Waals surface area contributed by atoms with E-state index in [0.717, 1.165) is 18.4 Å². The minimum Gasteiger partial charge on any atom is -0.396 e. The number of hydrogen-bond acceptors (Lipinski definition) is 3. The number of aliphatic hydroxyl groups excluding tert-OH is 1. The van der Waals surface area contributed by atoms with Crippen molar-refractivity contribution >= 4 is 5.91 Å². The molecule has 1 aliphatic carbocycles. The Labute approximate surface area is 145 Å². The number of rotatable bonds is 8. The Kier molecular flexibility index (Phi) is 8.26. The van der Waals surface area contributed by atoms with Crippen LogP contribution in [0.4, 0.5) is 0 Å². The summed E-state index contributed by atoms with van der Waals surface area (Å²) in [4.78, 5) is 12.4. The molecule has 2 atom stereocenters. The Balaban J connectivity index is 1.82. The molecule has 1 aromatic rings. The Morgan fingerprint density at radius 1 is 1.17 bits per heavy atom. The maximum absolute atomic E-state index is 12.4. The summed E-state index contributed by atoms with van der Waals surface area (Å²) in [5.41, 5.74) is 7.31. The predicted octanol–water partition coefficient (Wildman–Crippen LogP) is 2.78. The Morgan fingerprint density at radius 2 is 1.83 bits per heavy atom. The van der Waals surface area contributed by atoms with Crippen LogP contribution in [0.5, 0.6) is 0 Å². The van der Waals surface area contributed by atoms with E-state index in [1.54, 1.807) is 0 Å². The van der Waals surface area contributed by atoms with E-state index in [4.69, 9.17) is 5.73 Å². The molecule has 4 heteroatoms. The summed E-state index contributed by atoms with van der Waals surface area (Å²) in [7, 11) is 0. The average Bonchev–Trinajstić information content (AvgIpc) is 2.84. The quantitative estimate of drug-likeness (QED) is 0.641. The third-order valence-corrected chi connectivity index (χ3v) is 5.04. The lowest BCUT2D eigenvalue weighted by atomic mass is 9.89. The van der Waals surface area contributed by atoms with Gasteiger partial charge in [0.05, 0.1) is 0 Å². The molecule has 4 N–H and O–H groups in total. The summed E-state index contributed by atoms with van der Waals surface area (Å²) in [6.07, 6.45) is 9.04. The van der Waals surface area contributed by atoms with Crippen LogP contribution in [0.25, 0.3) is 0 Å². The van der Waals surface area contributed by atoms with Gasteiger partial charge in [-0.3, -0.25) is 4.79 Å². The summed E-state index contributed by atoms with van der Waals surface area (Å²) in [5.74, 6) is 0.509. The maximum atomic E-state index is 12.4. The van der Waals surface area contributed by atoms with Gasteiger partial charge in [-0.05, 0) is 37.2 Å². The second kappa shape index (κ2) is 10.5. The molecule has 0 radical (unpaired) electrons. The number of nitrogens with two attached hydrogens (primary N) is 1. The smallest absolute Gasteiger partial charge is 0.221 e. The Hall–Kier alpha value is -1.39. The third-order valence-electron chi connectivity index (χ3n) is 5.04. The van der Waals surface area contributed by atoms with E-state index in [9.17, 15) is 9.90 Å². The maximum Gasteiger partial charge on any atom is 0.221 e. The molecule has 0 aliphatic heterocycles. The normalized spacial score (nSPS) is 18.6. The van der Waals surface area contributed by atoms with Crippen molar-refractivity contribution in [3.63, 3.8) is 0 Å². The van der Waals surface area contributed by atoms with E-state index in [-0.39, 0.29) is 24.6 Å². The standard InChI is InChI=1S/C20H32N2O2/c21-18(14-16-8-4-3-5-9-16)15-20(24)22-19(12-13-23)17-10-6-1-2-7-11-17/h3-5,8-9,17-19,23H,1-2,6-7,10-15,21H2,(H,22,24). The molecule has 134 valence electrons. The summed E-state index contributed by atoms with van der Waals surface area (Å²) in [6.45, 7) is 0.123. The van der Waals surface area contributed by atoms with Gasteiger partial charge in [-0.15, -0.1) is 0 Å². The zero-order valence-electron chi connectivity index (χ0n) is 14.6. The lowest BCUT2D eigenvalue weighted by Crippen LogP contribution is -2.43. The number of hydrogen-bond donors (Lipinski definition) is 3. The lowest BCUT2D eigenvalue weighted by molar-refractivity contribution is -0.122. The van der Waals surface area contributed by atoms with Crippen molar-refractivity contribution in [2.75, 3.05) is 6.61 Å². The summed E-state index contributed by atoms with van der Waals surface area (Å²) in [6, 6.07) is 9.96. The van der Waals surface area contributed by atoms with Gasteiger partial charge in [-0.2, -0.15) is 0 Å². The van der Waals surface area contributed by atoms with E-state index in [1.165, 1.54) is 25.7 Å². The molecule has 0 saturated heterocycles. The van der Waals surface area contributed by atoms with Crippen LogP contribution >= 0.6 is 0 Å². The van der Waals surface area contributed by atoms with Gasteiger partial charge in [0.25, 0.3) is 0 Å². The third kappa shape index (κ3) is 6.62. The van der Waals surface area contributed by atoms with Crippen molar-refractivity contribution in [1.29, 1.82) is 0 Å². The average molecular weight is 332 g/mol. The van der Waals surface area contributed by atoms with E-state index in [2.05, 4.69) is 5.32 Å². The van der Waals surface area contributed by atoms with E-state index < -0.39 is 0 Å². The van der Waals surface area contributed by atoms with E-state index in [1.807, 2.05) is 30.3 Å². The highest BCUT2D eigenvalue weighted by atomic mass is 16.3. The monoisotopic (exact) mass is 332 g/mol. The van der Waals surface area contributed by atoms with Crippen molar-refractivity contribution in [2.45, 2.75) is 69.9 Å². The Morgan fingerprint density at radius 3 is 2.46 bits per heavy atom. The zero-order valence-corrected chi connectivity index (χ0v) is 14.6. The first-order valence-corrected chi connectivity index (χ1v) is 9.38. The number of benzene rings is 1. The van der Waals surface area contributed by atoms with Crippen LogP contribution in [-0.2, 0) is 11.2 Å². The highest BCUT2D eigenvalue weighted by Crippen LogP contribution is 2.27. The first-order valence-electron chi connectivity index (χ1n) is 9.38. The highest BCUT2D eigenvalue weighted by molar-refractivity contribution is 5.77. The topological polar surface area (TPSA) is 75.4 Å². The minimum atomic E-state index is -0.170. The molecule has 1 aliphatic rings. The van der Waals surface area contributed by atoms with Gasteiger partial charge in [0.2, 0.25) is 5.91 Å². The number of carbonyl (C=O) groups is 1. The van der Waals surface area contributed by atoms with Crippen LogP contribution in [0.3, 0.4) is 0 Å². The predicted molar refractivity (Wildman–Crippen MR) is 97.6 cm³/mol. The van der Waals surface area contributed by atoms with Crippen molar-refractivity contribution in [3.8, 4) is 0 Å². The molecule has 2 rings (SSSR count). The first-order chi connectivity index (χ1) is 11.7. The molecule has 1 aromatic carbocycles. The molecule has 2 unspecified atom stereocenters. The molecule has 1 saturated carbocycles. The SMILES string of the molecule is NC(CC(=O)NC(CCO)C1CCCCCC1)Cc1ccccc1. The van der Waals surface area contributed by atoms with E-state index >= 15 is 0 Å². The van der Waals surface area contributed by atoms with Crippen LogP contribution in [0.2, 0.25) is 0 Å². The zero-order chi connectivity index (χ0) is 17.2. The van der Waals surface area contributed by atoms with Gasteiger partial charge in [0.1, 0.15) is 0 Å². The second-order valence-corrected chi connectivity index (χ2v) is 7.09. The first kappa shape index (κ1) is 18.9. The summed E-state index contributed by atoms with van der Waals surface area (Å²) >= 11 is 0. The Bertz CT molecular complexity index is 470. The molecule has 1 fully saturated rings. The molecule has 0 heterocycles. The fourth-order valence-electron chi connectivity index (χ4n) is 3.77. The lowest BCUT2D eigenvalue weighted by Gasteiger charge is -2.27. The van der Waals surface area contributed by atoms with Crippen LogP contribution in [0.15, 0.2) is 30.3 Å². The number of nitrogens with one attached hydrogen (secondary N) is 1. The molecular weight excluding hydrogens is 300 g/mol. The van der Waals surface area contributed by atoms with Crippen LogP contribution in [0, 0.1) is 5.92 Å². The molecule has 0 bridgehead atoms. The van der Waals surface area contributed by atoms with E-state index in [0.29, 0.717) is 25.2 Å². The van der Waals surface area contributed by atoms with Crippen molar-refractivity contribution in [3.05, 3.63) is 35.9 Å². The highest BCUT2D eigenvalue weighted by Gasteiger charge is 2.24. The number of carbonyl (C=O) groups excluding carboxylic acids is 1. The van der Waals surface area contributed by atoms with Gasteiger partial charge in [-0.25, -0.2) is 0 Å². The van der Waals surface area contributed by atoms with Gasteiger partial charge in [-0.1, -0.05) is 56.0 Å². The van der Waals surface area contributed by atoms with Gasteiger partial charge in [0.15, 0.2) is 0 Å². The molecule has 0 aromatic heterocycles. The summed E-state index contributed by atoms with van der Waals surface area (Å²) < 4.78 is 0. The van der Waals surface area contributed by atoms with Crippen molar-refractivity contribution < 1.29 is 9.90 Å². The molecule has 24 heavy (non-hydrogen) atoms. The number of amides is 1. The summed E-state index contributed by atoms with van der Waals surface area (Å²) in [5, 5.41) is 12.5.